The van der Waals surface area contributed by atoms with Gasteiger partial charge in [-0.1, -0.05) is 56.3 Å². The number of para-hydroxylation sites is 2. The third-order valence-corrected chi connectivity index (χ3v) is 6.27. The van der Waals surface area contributed by atoms with Gasteiger partial charge in [-0.3, -0.25) is 4.98 Å². The molecule has 0 fully saturated rings. The Labute approximate surface area is 235 Å². The van der Waals surface area contributed by atoms with E-state index in [9.17, 15) is 0 Å². The molecule has 3 aromatic heterocycles. The van der Waals surface area contributed by atoms with Crippen molar-refractivity contribution in [3.63, 3.8) is 0 Å². The summed E-state index contributed by atoms with van der Waals surface area (Å²) >= 11 is 0. The third-order valence-electron chi connectivity index (χ3n) is 6.27. The molecule has 0 aliphatic rings. The Hall–Kier alpha value is -4.11. The first-order valence-electron chi connectivity index (χ1n) is 12.3. The van der Waals surface area contributed by atoms with E-state index < -0.39 is 0 Å². The molecule has 7 aromatic rings. The molecule has 1 radical (unpaired) electrons. The number of aromatic nitrogens is 2. The first-order chi connectivity index (χ1) is 18.2. The van der Waals surface area contributed by atoms with Crippen molar-refractivity contribution in [2.24, 2.45) is 0 Å². The summed E-state index contributed by atoms with van der Waals surface area (Å²) in [6.45, 7) is 4.15. The van der Waals surface area contributed by atoms with Crippen molar-refractivity contribution in [1.29, 1.82) is 0 Å². The van der Waals surface area contributed by atoms with E-state index in [1.54, 1.807) is 6.20 Å². The van der Waals surface area contributed by atoms with Crippen LogP contribution in [0.3, 0.4) is 0 Å². The van der Waals surface area contributed by atoms with Crippen molar-refractivity contribution in [2.45, 2.75) is 13.8 Å². The first-order valence-corrected chi connectivity index (χ1v) is 12.3. The summed E-state index contributed by atoms with van der Waals surface area (Å²) in [5, 5.41) is 3.19. The number of hydrogen-bond acceptors (Lipinski definition) is 3. The summed E-state index contributed by atoms with van der Waals surface area (Å²) in [6, 6.07) is 40.9. The van der Waals surface area contributed by atoms with Gasteiger partial charge in [0.15, 0.2) is 0 Å². The summed E-state index contributed by atoms with van der Waals surface area (Å²) in [5.74, 6) is 0. The Bertz CT molecular complexity index is 1820. The number of pyridine rings is 2. The molecule has 0 bridgehead atoms. The van der Waals surface area contributed by atoms with Gasteiger partial charge in [-0.25, -0.2) is 0 Å². The van der Waals surface area contributed by atoms with Gasteiger partial charge >= 0.3 is 0 Å². The smallest absolute Gasteiger partial charge is 0.137 e. The van der Waals surface area contributed by atoms with E-state index in [-0.39, 0.29) is 20.1 Å². The average Bonchev–Trinajstić information content (AvgIpc) is 3.34. The fourth-order valence-electron chi connectivity index (χ4n) is 4.70. The summed E-state index contributed by atoms with van der Waals surface area (Å²) in [6.07, 6.45) is 1.81. The summed E-state index contributed by atoms with van der Waals surface area (Å²) in [4.78, 5) is 9.20. The second kappa shape index (κ2) is 11.1. The maximum atomic E-state index is 6.17. The monoisotopic (exact) mass is 669 g/mol. The Morgan fingerprint density at radius 2 is 1.50 bits per heavy atom. The maximum Gasteiger partial charge on any atom is 0.137 e. The molecule has 4 aromatic carbocycles. The maximum absolute atomic E-state index is 6.17. The van der Waals surface area contributed by atoms with Crippen LogP contribution in [0.15, 0.2) is 114 Å². The molecular formula is C34H24IrN2O-2. The topological polar surface area (TPSA) is 38.9 Å². The number of benzene rings is 4. The molecule has 7 rings (SSSR count). The minimum absolute atomic E-state index is 0. The number of furan rings is 1. The molecule has 0 saturated carbocycles. The van der Waals surface area contributed by atoms with E-state index >= 15 is 0 Å². The molecule has 0 spiro atoms. The predicted molar refractivity (Wildman–Crippen MR) is 151 cm³/mol. The molecule has 0 unspecified atom stereocenters. The van der Waals surface area contributed by atoms with Crippen LogP contribution in [0, 0.1) is 26.0 Å². The zero-order chi connectivity index (χ0) is 25.2. The minimum atomic E-state index is 0. The molecule has 187 valence electrons. The van der Waals surface area contributed by atoms with Crippen LogP contribution in [-0.2, 0) is 20.1 Å². The van der Waals surface area contributed by atoms with E-state index in [1.807, 2.05) is 78.9 Å². The van der Waals surface area contributed by atoms with Crippen molar-refractivity contribution in [3.05, 3.63) is 133 Å². The Kier molecular flexibility index (Phi) is 7.46. The zero-order valence-electron chi connectivity index (χ0n) is 21.0. The van der Waals surface area contributed by atoms with Gasteiger partial charge in [-0.2, -0.15) is 0 Å². The zero-order valence-corrected chi connectivity index (χ0v) is 23.4. The fourth-order valence-corrected chi connectivity index (χ4v) is 4.70. The second-order valence-electron chi connectivity index (χ2n) is 9.03. The van der Waals surface area contributed by atoms with Gasteiger partial charge in [0.1, 0.15) is 11.2 Å². The molecular weight excluding hydrogens is 645 g/mol. The van der Waals surface area contributed by atoms with Gasteiger partial charge in [0, 0.05) is 48.2 Å². The van der Waals surface area contributed by atoms with Crippen LogP contribution in [0.4, 0.5) is 0 Å². The van der Waals surface area contributed by atoms with Crippen LogP contribution in [-0.4, -0.2) is 9.97 Å². The normalized spacial score (nSPS) is 10.7. The van der Waals surface area contributed by atoms with Crippen molar-refractivity contribution in [1.82, 2.24) is 9.97 Å². The number of rotatable bonds is 2. The molecule has 38 heavy (non-hydrogen) atoms. The molecule has 0 N–H and O–H groups in total. The summed E-state index contributed by atoms with van der Waals surface area (Å²) in [5.41, 5.74) is 9.09. The fraction of sp³-hybridized carbons (Fsp3) is 0.0588. The predicted octanol–water partition coefficient (Wildman–Crippen LogP) is 8.76. The van der Waals surface area contributed by atoms with Gasteiger partial charge < -0.3 is 9.40 Å². The Morgan fingerprint density at radius 1 is 0.737 bits per heavy atom. The standard InChI is InChI=1S/C21H12NO.C13H12N.Ir/c1-2-8-14(9-3-1)20-19-16-11-5-7-13-18(16)23-21(19)15-10-4-6-12-17(15)22-20;1-10-7-11(2)9-12(8-10)13-5-3-4-6-14-13;/h1-8,10-13H;3-8H,1-2H3;/q2*-1;. The van der Waals surface area contributed by atoms with Crippen molar-refractivity contribution < 1.29 is 24.5 Å². The minimum Gasteiger partial charge on any atom is -0.456 e. The summed E-state index contributed by atoms with van der Waals surface area (Å²) in [7, 11) is 0. The molecule has 0 aliphatic carbocycles. The average molecular weight is 669 g/mol. The van der Waals surface area contributed by atoms with E-state index in [4.69, 9.17) is 9.40 Å². The Morgan fingerprint density at radius 3 is 2.26 bits per heavy atom. The molecule has 0 atom stereocenters. The van der Waals surface area contributed by atoms with Gasteiger partial charge in [-0.15, -0.1) is 70.8 Å². The first kappa shape index (κ1) is 25.5. The largest absolute Gasteiger partial charge is 0.456 e. The van der Waals surface area contributed by atoms with E-state index in [0.29, 0.717) is 0 Å². The molecule has 0 amide bonds. The second-order valence-corrected chi connectivity index (χ2v) is 9.03. The van der Waals surface area contributed by atoms with Gasteiger partial charge in [-0.05, 0) is 30.0 Å². The van der Waals surface area contributed by atoms with Crippen molar-refractivity contribution in [3.8, 4) is 22.5 Å². The van der Waals surface area contributed by atoms with Crippen LogP contribution < -0.4 is 0 Å². The van der Waals surface area contributed by atoms with Crippen LogP contribution in [0.25, 0.3) is 55.4 Å². The number of nitrogens with zero attached hydrogens (tertiary/aromatic N) is 2. The van der Waals surface area contributed by atoms with Crippen LogP contribution in [0.5, 0.6) is 0 Å². The molecule has 3 heterocycles. The molecule has 0 aliphatic heterocycles. The third kappa shape index (κ3) is 5.02. The van der Waals surface area contributed by atoms with Crippen molar-refractivity contribution >= 4 is 32.8 Å². The summed E-state index contributed by atoms with van der Waals surface area (Å²) < 4.78 is 6.17. The number of fused-ring (bicyclic) bond motifs is 5. The van der Waals surface area contributed by atoms with Gasteiger partial charge in [0.2, 0.25) is 0 Å². The molecule has 0 saturated heterocycles. The Balaban J connectivity index is 0.000000170. The van der Waals surface area contributed by atoms with Crippen LogP contribution in [0.1, 0.15) is 11.1 Å². The SMILES string of the molecule is Cc1[c-]c(-c2ccccn2)cc(C)c1.[Ir].[c-]1ccccc1-c1nc2ccccc2c2oc3ccccc3c12. The van der Waals surface area contributed by atoms with E-state index in [0.717, 1.165) is 60.9 Å². The molecule has 3 nitrogen and oxygen atoms in total. The number of hydrogen-bond donors (Lipinski definition) is 0. The quantitative estimate of drug-likeness (QED) is 0.173. The van der Waals surface area contributed by atoms with Crippen LogP contribution in [0.2, 0.25) is 0 Å². The van der Waals surface area contributed by atoms with Crippen molar-refractivity contribution in [2.75, 3.05) is 0 Å². The van der Waals surface area contributed by atoms with Gasteiger partial charge in [0.25, 0.3) is 0 Å². The van der Waals surface area contributed by atoms with E-state index in [1.165, 1.54) is 5.56 Å². The molecule has 4 heteroatoms. The van der Waals surface area contributed by atoms with Crippen LogP contribution >= 0.6 is 0 Å². The van der Waals surface area contributed by atoms with E-state index in [2.05, 4.69) is 55.2 Å². The number of aryl methyl sites for hydroxylation is 2. The van der Waals surface area contributed by atoms with Gasteiger partial charge in [0.05, 0.1) is 5.52 Å².